The SMILES string of the molecule is COC(=O)C(=O)c1ccc(OCc2ccc(Cl)cc2)cc1Cl. The van der Waals surface area contributed by atoms with Gasteiger partial charge in [-0.1, -0.05) is 35.3 Å². The van der Waals surface area contributed by atoms with E-state index in [0.29, 0.717) is 17.4 Å². The van der Waals surface area contributed by atoms with Gasteiger partial charge < -0.3 is 9.47 Å². The number of carbonyl (C=O) groups excluding carboxylic acids is 2. The van der Waals surface area contributed by atoms with Crippen LogP contribution in [0.1, 0.15) is 15.9 Å². The summed E-state index contributed by atoms with van der Waals surface area (Å²) in [5.41, 5.74) is 1.02. The van der Waals surface area contributed by atoms with Gasteiger partial charge in [-0.25, -0.2) is 4.79 Å². The Bertz CT molecular complexity index is 696. The van der Waals surface area contributed by atoms with E-state index in [-0.39, 0.29) is 10.6 Å². The lowest BCUT2D eigenvalue weighted by molar-refractivity contribution is -0.135. The third-order valence-electron chi connectivity index (χ3n) is 2.87. The third-order valence-corrected chi connectivity index (χ3v) is 3.44. The number of ether oxygens (including phenoxy) is 2. The van der Waals surface area contributed by atoms with E-state index in [1.54, 1.807) is 18.2 Å². The summed E-state index contributed by atoms with van der Waals surface area (Å²) < 4.78 is 9.96. The fourth-order valence-electron chi connectivity index (χ4n) is 1.72. The van der Waals surface area contributed by atoms with Gasteiger partial charge in [0, 0.05) is 10.6 Å². The minimum atomic E-state index is -0.961. The lowest BCUT2D eigenvalue weighted by Crippen LogP contribution is -2.16. The first-order valence-electron chi connectivity index (χ1n) is 6.30. The van der Waals surface area contributed by atoms with E-state index in [2.05, 4.69) is 4.74 Å². The number of benzene rings is 2. The summed E-state index contributed by atoms with van der Waals surface area (Å²) in [7, 11) is 1.14. The highest BCUT2D eigenvalue weighted by molar-refractivity contribution is 6.45. The van der Waals surface area contributed by atoms with E-state index in [1.807, 2.05) is 12.1 Å². The second-order valence-electron chi connectivity index (χ2n) is 4.38. The van der Waals surface area contributed by atoms with Gasteiger partial charge in [0.2, 0.25) is 0 Å². The summed E-state index contributed by atoms with van der Waals surface area (Å²) in [4.78, 5) is 22.9. The Labute approximate surface area is 137 Å². The predicted octanol–water partition coefficient (Wildman–Crippen LogP) is 3.93. The molecule has 2 rings (SSSR count). The molecule has 6 heteroatoms. The quantitative estimate of drug-likeness (QED) is 0.471. The molecule has 0 aliphatic heterocycles. The molecule has 0 saturated heterocycles. The Balaban J connectivity index is 2.07. The summed E-state index contributed by atoms with van der Waals surface area (Å²) in [5.74, 6) is -1.27. The van der Waals surface area contributed by atoms with Gasteiger partial charge >= 0.3 is 5.97 Å². The van der Waals surface area contributed by atoms with E-state index >= 15 is 0 Å². The average Bonchev–Trinajstić information content (AvgIpc) is 2.53. The summed E-state index contributed by atoms with van der Waals surface area (Å²) in [6, 6.07) is 11.7. The van der Waals surface area contributed by atoms with Crippen LogP contribution in [-0.2, 0) is 16.1 Å². The minimum absolute atomic E-state index is 0.0763. The first kappa shape index (κ1) is 16.3. The van der Waals surface area contributed by atoms with Crippen LogP contribution in [0.2, 0.25) is 10.0 Å². The maximum Gasteiger partial charge on any atom is 0.379 e. The zero-order valence-electron chi connectivity index (χ0n) is 11.6. The largest absolute Gasteiger partial charge is 0.489 e. The molecule has 0 unspecified atom stereocenters. The van der Waals surface area contributed by atoms with Crippen LogP contribution in [0, 0.1) is 0 Å². The van der Waals surface area contributed by atoms with Crippen molar-refractivity contribution in [3.05, 3.63) is 63.6 Å². The molecule has 0 aliphatic carbocycles. The molecule has 0 N–H and O–H groups in total. The maximum absolute atomic E-state index is 11.7. The van der Waals surface area contributed by atoms with Crippen molar-refractivity contribution in [1.82, 2.24) is 0 Å². The van der Waals surface area contributed by atoms with Crippen LogP contribution in [0.3, 0.4) is 0 Å². The molecule has 0 radical (unpaired) electrons. The van der Waals surface area contributed by atoms with Crippen molar-refractivity contribution in [2.24, 2.45) is 0 Å². The van der Waals surface area contributed by atoms with Crippen LogP contribution in [0.15, 0.2) is 42.5 Å². The molecule has 0 atom stereocenters. The summed E-state index contributed by atoms with van der Waals surface area (Å²) >= 11 is 11.8. The fourth-order valence-corrected chi connectivity index (χ4v) is 2.10. The molecule has 0 bridgehead atoms. The average molecular weight is 339 g/mol. The first-order chi connectivity index (χ1) is 10.5. The van der Waals surface area contributed by atoms with Crippen molar-refractivity contribution in [1.29, 1.82) is 0 Å². The van der Waals surface area contributed by atoms with E-state index in [1.165, 1.54) is 12.1 Å². The van der Waals surface area contributed by atoms with Crippen LogP contribution >= 0.6 is 23.2 Å². The maximum atomic E-state index is 11.7. The van der Waals surface area contributed by atoms with E-state index in [4.69, 9.17) is 27.9 Å². The Hall–Kier alpha value is -2.04. The fraction of sp³-hybridized carbons (Fsp3) is 0.125. The Morgan fingerprint density at radius 1 is 1.05 bits per heavy atom. The Morgan fingerprint density at radius 3 is 2.32 bits per heavy atom. The van der Waals surface area contributed by atoms with Crippen molar-refractivity contribution in [2.75, 3.05) is 7.11 Å². The summed E-state index contributed by atoms with van der Waals surface area (Å²) in [6.07, 6.45) is 0. The molecule has 2 aromatic rings. The van der Waals surface area contributed by atoms with Gasteiger partial charge in [-0.05, 0) is 35.9 Å². The number of methoxy groups -OCH3 is 1. The minimum Gasteiger partial charge on any atom is -0.489 e. The highest BCUT2D eigenvalue weighted by atomic mass is 35.5. The van der Waals surface area contributed by atoms with E-state index < -0.39 is 11.8 Å². The van der Waals surface area contributed by atoms with Crippen LogP contribution in [0.25, 0.3) is 0 Å². The number of ketones is 1. The number of Topliss-reactive ketones (excluding diaryl/α,β-unsaturated/α-hetero) is 1. The van der Waals surface area contributed by atoms with E-state index in [0.717, 1.165) is 12.7 Å². The zero-order chi connectivity index (χ0) is 16.1. The van der Waals surface area contributed by atoms with Gasteiger partial charge in [-0.2, -0.15) is 0 Å². The standard InChI is InChI=1S/C16H12Cl2O4/c1-21-16(20)15(19)13-7-6-12(8-14(13)18)22-9-10-2-4-11(17)5-3-10/h2-8H,9H2,1H3. The molecule has 0 aliphatic rings. The van der Waals surface area contributed by atoms with Crippen LogP contribution in [0.4, 0.5) is 0 Å². The highest BCUT2D eigenvalue weighted by Gasteiger charge is 2.19. The number of halogens is 2. The normalized spacial score (nSPS) is 10.1. The summed E-state index contributed by atoms with van der Waals surface area (Å²) in [6.45, 7) is 0.331. The number of rotatable bonds is 5. The highest BCUT2D eigenvalue weighted by Crippen LogP contribution is 2.24. The van der Waals surface area contributed by atoms with Crippen molar-refractivity contribution < 1.29 is 19.1 Å². The molecule has 0 saturated carbocycles. The van der Waals surface area contributed by atoms with Gasteiger partial charge in [0.05, 0.1) is 12.1 Å². The second kappa shape index (κ2) is 7.29. The molecule has 4 nitrogen and oxygen atoms in total. The molecule has 114 valence electrons. The van der Waals surface area contributed by atoms with Gasteiger partial charge in [0.1, 0.15) is 12.4 Å². The van der Waals surface area contributed by atoms with Gasteiger partial charge in [-0.3, -0.25) is 4.79 Å². The van der Waals surface area contributed by atoms with Gasteiger partial charge in [0.15, 0.2) is 0 Å². The second-order valence-corrected chi connectivity index (χ2v) is 5.22. The predicted molar refractivity (Wildman–Crippen MR) is 83.6 cm³/mol. The lowest BCUT2D eigenvalue weighted by Gasteiger charge is -2.08. The zero-order valence-corrected chi connectivity index (χ0v) is 13.1. The molecule has 0 spiro atoms. The molecule has 0 aromatic heterocycles. The third kappa shape index (κ3) is 4.00. The van der Waals surface area contributed by atoms with Crippen molar-refractivity contribution in [3.63, 3.8) is 0 Å². The van der Waals surface area contributed by atoms with E-state index in [9.17, 15) is 9.59 Å². The molecular weight excluding hydrogens is 327 g/mol. The van der Waals surface area contributed by atoms with Gasteiger partial charge in [0.25, 0.3) is 5.78 Å². The van der Waals surface area contributed by atoms with Crippen molar-refractivity contribution in [2.45, 2.75) is 6.61 Å². The molecular formula is C16H12Cl2O4. The number of carbonyl (C=O) groups is 2. The molecule has 2 aromatic carbocycles. The van der Waals surface area contributed by atoms with Crippen LogP contribution in [0.5, 0.6) is 5.75 Å². The topological polar surface area (TPSA) is 52.6 Å². The molecule has 0 amide bonds. The first-order valence-corrected chi connectivity index (χ1v) is 7.06. The summed E-state index contributed by atoms with van der Waals surface area (Å²) in [5, 5.41) is 0.779. The Kier molecular flexibility index (Phi) is 5.41. The van der Waals surface area contributed by atoms with Crippen molar-refractivity contribution in [3.8, 4) is 5.75 Å². The number of hydrogen-bond donors (Lipinski definition) is 0. The van der Waals surface area contributed by atoms with Crippen LogP contribution in [-0.4, -0.2) is 18.9 Å². The number of esters is 1. The number of hydrogen-bond acceptors (Lipinski definition) is 4. The van der Waals surface area contributed by atoms with Gasteiger partial charge in [-0.15, -0.1) is 0 Å². The Morgan fingerprint density at radius 2 is 1.73 bits per heavy atom. The molecule has 0 fully saturated rings. The molecule has 22 heavy (non-hydrogen) atoms. The van der Waals surface area contributed by atoms with Crippen LogP contribution < -0.4 is 4.74 Å². The lowest BCUT2D eigenvalue weighted by atomic mass is 10.1. The van der Waals surface area contributed by atoms with Crippen molar-refractivity contribution >= 4 is 35.0 Å². The molecule has 0 heterocycles. The smallest absolute Gasteiger partial charge is 0.379 e. The monoisotopic (exact) mass is 338 g/mol.